The molecule has 0 radical (unpaired) electrons. The van der Waals surface area contributed by atoms with Gasteiger partial charge in [0.2, 0.25) is 5.91 Å². The maximum Gasteiger partial charge on any atom is 0.269 e. The summed E-state index contributed by atoms with van der Waals surface area (Å²) < 4.78 is 13.3. The summed E-state index contributed by atoms with van der Waals surface area (Å²) >= 11 is 0. The smallest absolute Gasteiger partial charge is 0.269 e. The Morgan fingerprint density at radius 3 is 2.28 bits per heavy atom. The van der Waals surface area contributed by atoms with Gasteiger partial charge < -0.3 is 0 Å². The molecule has 0 spiro atoms. The average molecular weight is 433 g/mol. The van der Waals surface area contributed by atoms with E-state index in [1.807, 2.05) is 6.07 Å². The Balaban J connectivity index is 1.60. The molecule has 3 atom stereocenters. The van der Waals surface area contributed by atoms with E-state index in [-0.39, 0.29) is 11.4 Å². The average Bonchev–Trinajstić information content (AvgIpc) is 3.31. The molecule has 2 saturated heterocycles. The number of carbonyl (C=O) groups is 2. The summed E-state index contributed by atoms with van der Waals surface area (Å²) in [6.07, 6.45) is -1.11. The summed E-state index contributed by atoms with van der Waals surface area (Å²) in [6.45, 7) is 0. The van der Waals surface area contributed by atoms with Gasteiger partial charge >= 0.3 is 0 Å². The number of carbonyl (C=O) groups excluding carboxylic acids is 2. The van der Waals surface area contributed by atoms with E-state index in [2.05, 4.69) is 0 Å². The lowest BCUT2D eigenvalue weighted by Crippen LogP contribution is -2.37. The Hall–Kier alpha value is -4.11. The Bertz CT molecular complexity index is 1220. The summed E-state index contributed by atoms with van der Waals surface area (Å²) in [6, 6.07) is 19.1. The summed E-state index contributed by atoms with van der Waals surface area (Å²) in [5.74, 6) is -2.51. The number of hydrogen-bond donors (Lipinski definition) is 0. The molecule has 8 nitrogen and oxygen atoms in total. The Morgan fingerprint density at radius 2 is 1.59 bits per heavy atom. The molecule has 3 aromatic rings. The molecule has 0 N–H and O–H groups in total. The zero-order valence-corrected chi connectivity index (χ0v) is 16.5. The van der Waals surface area contributed by atoms with Gasteiger partial charge in [-0.05, 0) is 42.0 Å². The number of nitro groups is 1. The molecule has 2 heterocycles. The van der Waals surface area contributed by atoms with Crippen LogP contribution in [0.3, 0.4) is 0 Å². The van der Waals surface area contributed by atoms with Crippen molar-refractivity contribution in [3.05, 3.63) is 100 Å². The van der Waals surface area contributed by atoms with E-state index in [4.69, 9.17) is 4.84 Å². The van der Waals surface area contributed by atoms with Crippen LogP contribution in [0.2, 0.25) is 0 Å². The van der Waals surface area contributed by atoms with Crippen molar-refractivity contribution in [2.45, 2.75) is 12.1 Å². The first-order chi connectivity index (χ1) is 15.5. The topological polar surface area (TPSA) is 93.0 Å². The van der Waals surface area contributed by atoms with Gasteiger partial charge in [-0.3, -0.25) is 24.5 Å². The molecular formula is C23H16FN3O5. The molecule has 0 saturated carbocycles. The quantitative estimate of drug-likeness (QED) is 0.353. The number of hydroxylamine groups is 1. The molecule has 2 aliphatic rings. The van der Waals surface area contributed by atoms with E-state index >= 15 is 0 Å². The minimum absolute atomic E-state index is 0.133. The lowest BCUT2D eigenvalue weighted by Gasteiger charge is -2.28. The highest BCUT2D eigenvalue weighted by molar-refractivity contribution is 6.23. The second-order valence-electron chi connectivity index (χ2n) is 7.50. The molecule has 0 bridgehead atoms. The van der Waals surface area contributed by atoms with Gasteiger partial charge in [0.25, 0.3) is 11.6 Å². The second kappa shape index (κ2) is 7.54. The van der Waals surface area contributed by atoms with Gasteiger partial charge in [0, 0.05) is 12.1 Å². The summed E-state index contributed by atoms with van der Waals surface area (Å²) in [7, 11) is 0. The molecule has 32 heavy (non-hydrogen) atoms. The number of anilines is 2. The van der Waals surface area contributed by atoms with Crippen molar-refractivity contribution < 1.29 is 23.7 Å². The first-order valence-electron chi connectivity index (χ1n) is 9.84. The summed E-state index contributed by atoms with van der Waals surface area (Å²) in [4.78, 5) is 44.4. The highest BCUT2D eigenvalue weighted by atomic mass is 19.1. The van der Waals surface area contributed by atoms with Crippen LogP contribution >= 0.6 is 0 Å². The van der Waals surface area contributed by atoms with Crippen molar-refractivity contribution >= 4 is 28.9 Å². The SMILES string of the molecule is O=C1[C@@H]2[C@H](ON(c3ccccc3)[C@H]2c2cccc([N+](=O)[O-])c2)C(=O)N1c1ccc(F)cc1. The first kappa shape index (κ1) is 19.8. The number of imide groups is 1. The molecule has 3 aromatic carbocycles. The van der Waals surface area contributed by atoms with E-state index in [0.29, 0.717) is 11.3 Å². The van der Waals surface area contributed by atoms with Crippen LogP contribution in [-0.2, 0) is 14.4 Å². The molecule has 160 valence electrons. The van der Waals surface area contributed by atoms with Crippen molar-refractivity contribution in [1.29, 1.82) is 0 Å². The van der Waals surface area contributed by atoms with Gasteiger partial charge in [-0.1, -0.05) is 30.3 Å². The van der Waals surface area contributed by atoms with E-state index in [1.54, 1.807) is 30.3 Å². The maximum absolute atomic E-state index is 13.4. The zero-order chi connectivity index (χ0) is 22.4. The molecule has 5 rings (SSSR count). The number of halogens is 1. The normalized spacial score (nSPS) is 22.3. The van der Waals surface area contributed by atoms with Gasteiger partial charge in [-0.25, -0.2) is 14.4 Å². The monoisotopic (exact) mass is 433 g/mol. The standard InChI is InChI=1S/C23H16FN3O5/c24-15-9-11-16(12-10-15)25-22(28)19-20(14-5-4-8-18(13-14)27(30)31)26(32-21(19)23(25)29)17-6-2-1-3-7-17/h1-13,19-21H/t19-,20-,21-/m0/s1. The maximum atomic E-state index is 13.4. The largest absolute Gasteiger partial charge is 0.273 e. The fourth-order valence-electron chi connectivity index (χ4n) is 4.22. The third-order valence-electron chi connectivity index (χ3n) is 5.63. The highest BCUT2D eigenvalue weighted by Crippen LogP contribution is 2.47. The van der Waals surface area contributed by atoms with Crippen LogP contribution in [0.4, 0.5) is 21.5 Å². The number of hydrogen-bond acceptors (Lipinski definition) is 6. The Kier molecular flexibility index (Phi) is 4.67. The van der Waals surface area contributed by atoms with Gasteiger partial charge in [0.1, 0.15) is 11.7 Å². The second-order valence-corrected chi connectivity index (χ2v) is 7.50. The molecular weight excluding hydrogens is 417 g/mol. The molecule has 0 unspecified atom stereocenters. The number of benzene rings is 3. The van der Waals surface area contributed by atoms with Crippen LogP contribution in [0.1, 0.15) is 11.6 Å². The molecule has 0 aliphatic carbocycles. The third-order valence-corrected chi connectivity index (χ3v) is 5.63. The molecule has 2 amide bonds. The van der Waals surface area contributed by atoms with Crippen molar-refractivity contribution in [2.75, 3.05) is 9.96 Å². The van der Waals surface area contributed by atoms with Gasteiger partial charge in [0.15, 0.2) is 6.10 Å². The van der Waals surface area contributed by atoms with E-state index in [1.165, 1.54) is 47.5 Å². The van der Waals surface area contributed by atoms with Crippen LogP contribution in [-0.4, -0.2) is 22.8 Å². The van der Waals surface area contributed by atoms with E-state index in [0.717, 1.165) is 4.90 Å². The van der Waals surface area contributed by atoms with Crippen molar-refractivity contribution in [3.8, 4) is 0 Å². The van der Waals surface area contributed by atoms with Crippen LogP contribution in [0.15, 0.2) is 78.9 Å². The lowest BCUT2D eigenvalue weighted by atomic mass is 9.90. The van der Waals surface area contributed by atoms with Crippen LogP contribution in [0.25, 0.3) is 0 Å². The number of fused-ring (bicyclic) bond motifs is 1. The fraction of sp³-hybridized carbons (Fsp3) is 0.130. The van der Waals surface area contributed by atoms with E-state index < -0.39 is 40.6 Å². The van der Waals surface area contributed by atoms with Crippen molar-refractivity contribution in [2.24, 2.45) is 5.92 Å². The third kappa shape index (κ3) is 3.10. The predicted octanol–water partition coefficient (Wildman–Crippen LogP) is 3.79. The number of non-ortho nitro benzene ring substituents is 1. The van der Waals surface area contributed by atoms with E-state index in [9.17, 15) is 24.1 Å². The Morgan fingerprint density at radius 1 is 0.875 bits per heavy atom. The zero-order valence-electron chi connectivity index (χ0n) is 16.5. The number of rotatable bonds is 4. The first-order valence-corrected chi connectivity index (χ1v) is 9.84. The van der Waals surface area contributed by atoms with Crippen molar-refractivity contribution in [3.63, 3.8) is 0 Å². The highest BCUT2D eigenvalue weighted by Gasteiger charge is 2.60. The number of nitrogens with zero attached hydrogens (tertiary/aromatic N) is 3. The van der Waals surface area contributed by atoms with Crippen LogP contribution < -0.4 is 9.96 Å². The summed E-state index contributed by atoms with van der Waals surface area (Å²) in [5, 5.41) is 12.8. The molecule has 2 fully saturated rings. The predicted molar refractivity (Wildman–Crippen MR) is 112 cm³/mol. The van der Waals surface area contributed by atoms with Gasteiger partial charge in [-0.2, -0.15) is 0 Å². The molecule has 0 aromatic heterocycles. The van der Waals surface area contributed by atoms with Gasteiger partial charge in [-0.15, -0.1) is 0 Å². The number of amides is 2. The van der Waals surface area contributed by atoms with Crippen LogP contribution in [0, 0.1) is 21.8 Å². The summed E-state index contributed by atoms with van der Waals surface area (Å²) in [5.41, 5.74) is 1.18. The number of nitro benzene ring substituents is 1. The fourth-order valence-corrected chi connectivity index (χ4v) is 4.22. The molecule has 2 aliphatic heterocycles. The molecule has 9 heteroatoms. The minimum atomic E-state index is -1.11. The lowest BCUT2D eigenvalue weighted by molar-refractivity contribution is -0.384. The van der Waals surface area contributed by atoms with Gasteiger partial charge in [0.05, 0.1) is 22.3 Å². The van der Waals surface area contributed by atoms with Crippen molar-refractivity contribution in [1.82, 2.24) is 0 Å². The number of para-hydroxylation sites is 1. The van der Waals surface area contributed by atoms with Crippen LogP contribution in [0.5, 0.6) is 0 Å². The Labute approximate surface area is 181 Å². The minimum Gasteiger partial charge on any atom is -0.273 e.